The number of nitrogens with zero attached hydrogens (tertiary/aromatic N) is 2. The Balaban J connectivity index is 1.34. The second kappa shape index (κ2) is 8.71. The normalized spacial score (nSPS) is 20.5. The zero-order chi connectivity index (χ0) is 21.1. The molecule has 8 nitrogen and oxygen atoms in total. The highest BCUT2D eigenvalue weighted by Crippen LogP contribution is 2.35. The topological polar surface area (TPSA) is 83.3 Å². The number of piperidine rings is 1. The van der Waals surface area contributed by atoms with Crippen molar-refractivity contribution in [2.75, 3.05) is 32.9 Å². The molecule has 1 atom stereocenters. The predicted molar refractivity (Wildman–Crippen MR) is 110 cm³/mol. The summed E-state index contributed by atoms with van der Waals surface area (Å²) in [5, 5.41) is 4.87. The third-order valence-electron chi connectivity index (χ3n) is 5.33. The molecule has 1 amide bonds. The average molecular weight is 418 g/mol. The zero-order valence-electron chi connectivity index (χ0n) is 17.9. The van der Waals surface area contributed by atoms with Crippen molar-refractivity contribution >= 4 is 17.1 Å². The van der Waals surface area contributed by atoms with Gasteiger partial charge in [0.2, 0.25) is 0 Å². The Kier molecular flexibility index (Phi) is 6.04. The van der Waals surface area contributed by atoms with Crippen LogP contribution >= 0.6 is 0 Å². The first kappa shape index (κ1) is 20.8. The lowest BCUT2D eigenvalue weighted by atomic mass is 9.98. The Bertz CT molecular complexity index is 860. The standard InChI is InChI=1S/C22H30N2O6/c1-22(2,3)29-21(25)24-10-7-15(8-11-24)13-27-20-19-17(28-16-9-12-26-14-16)5-4-6-18(19)30-23-20/h4-6,15-16H,7-14H2,1-3H3. The van der Waals surface area contributed by atoms with Gasteiger partial charge in [0.15, 0.2) is 5.58 Å². The number of fused-ring (bicyclic) bond motifs is 1. The maximum absolute atomic E-state index is 12.2. The van der Waals surface area contributed by atoms with Crippen molar-refractivity contribution < 1.29 is 28.3 Å². The Morgan fingerprint density at radius 2 is 2.03 bits per heavy atom. The number of aromatic nitrogens is 1. The molecule has 8 heteroatoms. The van der Waals surface area contributed by atoms with E-state index in [4.69, 9.17) is 23.5 Å². The number of ether oxygens (including phenoxy) is 4. The van der Waals surface area contributed by atoms with Crippen LogP contribution < -0.4 is 9.47 Å². The molecule has 0 spiro atoms. The summed E-state index contributed by atoms with van der Waals surface area (Å²) in [5.41, 5.74) is 0.163. The van der Waals surface area contributed by atoms with Gasteiger partial charge < -0.3 is 28.4 Å². The Morgan fingerprint density at radius 3 is 2.73 bits per heavy atom. The lowest BCUT2D eigenvalue weighted by Gasteiger charge is -2.33. The summed E-state index contributed by atoms with van der Waals surface area (Å²) in [4.78, 5) is 14.0. The third kappa shape index (κ3) is 4.98. The van der Waals surface area contributed by atoms with Gasteiger partial charge in [0.05, 0.1) is 19.8 Å². The van der Waals surface area contributed by atoms with Gasteiger partial charge >= 0.3 is 6.09 Å². The molecule has 4 rings (SSSR count). The second-order valence-electron chi connectivity index (χ2n) is 8.94. The van der Waals surface area contributed by atoms with E-state index in [9.17, 15) is 4.79 Å². The number of rotatable bonds is 5. The Hall–Kier alpha value is -2.48. The van der Waals surface area contributed by atoms with Crippen LogP contribution in [0.1, 0.15) is 40.0 Å². The minimum atomic E-state index is -0.477. The fourth-order valence-corrected chi connectivity index (χ4v) is 3.72. The summed E-state index contributed by atoms with van der Waals surface area (Å²) in [6, 6.07) is 5.64. The zero-order valence-corrected chi connectivity index (χ0v) is 17.9. The number of amides is 1. The van der Waals surface area contributed by atoms with Crippen molar-refractivity contribution in [3.63, 3.8) is 0 Å². The number of benzene rings is 1. The van der Waals surface area contributed by atoms with E-state index in [1.54, 1.807) is 4.90 Å². The van der Waals surface area contributed by atoms with Gasteiger partial charge in [0, 0.05) is 19.5 Å². The summed E-state index contributed by atoms with van der Waals surface area (Å²) < 4.78 is 28.4. The lowest BCUT2D eigenvalue weighted by Crippen LogP contribution is -2.42. The van der Waals surface area contributed by atoms with E-state index in [1.807, 2.05) is 39.0 Å². The first-order chi connectivity index (χ1) is 14.4. The van der Waals surface area contributed by atoms with Gasteiger partial charge in [-0.2, -0.15) is 0 Å². The molecule has 1 aromatic carbocycles. The van der Waals surface area contributed by atoms with Crippen LogP contribution in [0.25, 0.3) is 11.0 Å². The van der Waals surface area contributed by atoms with Gasteiger partial charge in [-0.05, 0) is 56.8 Å². The van der Waals surface area contributed by atoms with Crippen LogP contribution in [0.15, 0.2) is 22.7 Å². The summed E-state index contributed by atoms with van der Waals surface area (Å²) in [6.07, 6.45) is 2.38. The van der Waals surface area contributed by atoms with Crippen LogP contribution in [0.3, 0.4) is 0 Å². The first-order valence-electron chi connectivity index (χ1n) is 10.6. The molecule has 30 heavy (non-hydrogen) atoms. The predicted octanol–water partition coefficient (Wildman–Crippen LogP) is 4.02. The smallest absolute Gasteiger partial charge is 0.410 e. The summed E-state index contributed by atoms with van der Waals surface area (Å²) >= 11 is 0. The average Bonchev–Trinajstić information content (AvgIpc) is 3.36. The molecule has 3 heterocycles. The monoisotopic (exact) mass is 418 g/mol. The van der Waals surface area contributed by atoms with Crippen LogP contribution in [0.5, 0.6) is 11.6 Å². The number of carbonyl (C=O) groups is 1. The SMILES string of the molecule is CC(C)(C)OC(=O)N1CCC(COc2noc3cccc(OC4CCOC4)c23)CC1. The molecule has 2 aliphatic rings. The largest absolute Gasteiger partial charge is 0.487 e. The molecular formula is C22H30N2O6. The van der Waals surface area contributed by atoms with Crippen molar-refractivity contribution in [2.45, 2.75) is 51.7 Å². The molecule has 164 valence electrons. The molecular weight excluding hydrogens is 388 g/mol. The van der Waals surface area contributed by atoms with Crippen LogP contribution in [0.2, 0.25) is 0 Å². The van der Waals surface area contributed by atoms with Crippen LogP contribution in [-0.4, -0.2) is 60.8 Å². The van der Waals surface area contributed by atoms with Gasteiger partial charge in [-0.1, -0.05) is 6.07 Å². The van der Waals surface area contributed by atoms with Crippen molar-refractivity contribution in [3.05, 3.63) is 18.2 Å². The van der Waals surface area contributed by atoms with Crippen LogP contribution in [0.4, 0.5) is 4.79 Å². The van der Waals surface area contributed by atoms with Crippen molar-refractivity contribution in [1.82, 2.24) is 10.1 Å². The van der Waals surface area contributed by atoms with Crippen LogP contribution in [-0.2, 0) is 9.47 Å². The Morgan fingerprint density at radius 1 is 1.23 bits per heavy atom. The highest BCUT2D eigenvalue weighted by Gasteiger charge is 2.28. The van der Waals surface area contributed by atoms with Gasteiger partial charge in [-0.15, -0.1) is 0 Å². The molecule has 1 aromatic heterocycles. The van der Waals surface area contributed by atoms with Crippen molar-refractivity contribution in [3.8, 4) is 11.6 Å². The highest BCUT2D eigenvalue weighted by atomic mass is 16.6. The fraction of sp³-hybridized carbons (Fsp3) is 0.636. The maximum atomic E-state index is 12.2. The van der Waals surface area contributed by atoms with E-state index in [2.05, 4.69) is 5.16 Å². The number of likely N-dealkylation sites (tertiary alicyclic amines) is 1. The van der Waals surface area contributed by atoms with E-state index in [0.29, 0.717) is 49.4 Å². The van der Waals surface area contributed by atoms with E-state index in [0.717, 1.165) is 31.3 Å². The summed E-state index contributed by atoms with van der Waals surface area (Å²) in [5.74, 6) is 1.50. The molecule has 0 bridgehead atoms. The van der Waals surface area contributed by atoms with E-state index in [-0.39, 0.29) is 12.2 Å². The second-order valence-corrected chi connectivity index (χ2v) is 8.94. The molecule has 2 saturated heterocycles. The van der Waals surface area contributed by atoms with E-state index < -0.39 is 5.60 Å². The molecule has 0 aliphatic carbocycles. The van der Waals surface area contributed by atoms with Gasteiger partial charge in [-0.3, -0.25) is 0 Å². The van der Waals surface area contributed by atoms with Gasteiger partial charge in [0.1, 0.15) is 22.8 Å². The number of hydrogen-bond acceptors (Lipinski definition) is 7. The molecule has 0 N–H and O–H groups in total. The fourth-order valence-electron chi connectivity index (χ4n) is 3.72. The Labute approximate surface area is 176 Å². The van der Waals surface area contributed by atoms with Crippen molar-refractivity contribution in [2.24, 2.45) is 5.92 Å². The van der Waals surface area contributed by atoms with Crippen molar-refractivity contribution in [1.29, 1.82) is 0 Å². The quantitative estimate of drug-likeness (QED) is 0.725. The third-order valence-corrected chi connectivity index (χ3v) is 5.33. The van der Waals surface area contributed by atoms with Gasteiger partial charge in [-0.25, -0.2) is 4.79 Å². The number of hydrogen-bond donors (Lipinski definition) is 0. The maximum Gasteiger partial charge on any atom is 0.410 e. The van der Waals surface area contributed by atoms with Gasteiger partial charge in [0.25, 0.3) is 5.88 Å². The molecule has 2 fully saturated rings. The lowest BCUT2D eigenvalue weighted by molar-refractivity contribution is 0.0163. The molecule has 2 aliphatic heterocycles. The molecule has 0 radical (unpaired) electrons. The van der Waals surface area contributed by atoms with Crippen LogP contribution in [0, 0.1) is 5.92 Å². The molecule has 0 saturated carbocycles. The number of carbonyl (C=O) groups excluding carboxylic acids is 1. The first-order valence-corrected chi connectivity index (χ1v) is 10.6. The summed E-state index contributed by atoms with van der Waals surface area (Å²) in [7, 11) is 0. The highest BCUT2D eigenvalue weighted by molar-refractivity contribution is 5.88. The molecule has 1 unspecified atom stereocenters. The van der Waals surface area contributed by atoms with E-state index in [1.165, 1.54) is 0 Å². The minimum absolute atomic E-state index is 0.0375. The summed E-state index contributed by atoms with van der Waals surface area (Å²) in [6.45, 7) is 8.80. The minimum Gasteiger partial charge on any atom is -0.487 e. The van der Waals surface area contributed by atoms with E-state index >= 15 is 0 Å². The molecule has 2 aromatic rings.